The summed E-state index contributed by atoms with van der Waals surface area (Å²) in [7, 11) is 3.35. The lowest BCUT2D eigenvalue weighted by molar-refractivity contribution is 0.392. The number of rotatable bonds is 7. The molecule has 0 amide bonds. The lowest BCUT2D eigenvalue weighted by Crippen LogP contribution is -2.20. The van der Waals surface area contributed by atoms with Gasteiger partial charge in [0.1, 0.15) is 11.5 Å². The molecule has 106 valence electrons. The van der Waals surface area contributed by atoms with E-state index in [1.165, 1.54) is 5.57 Å². The first-order valence-corrected chi connectivity index (χ1v) is 6.72. The zero-order valence-corrected chi connectivity index (χ0v) is 12.6. The Morgan fingerprint density at radius 3 is 2.16 bits per heavy atom. The molecule has 1 unspecified atom stereocenters. The van der Waals surface area contributed by atoms with E-state index >= 15 is 0 Å². The van der Waals surface area contributed by atoms with E-state index in [1.54, 1.807) is 14.2 Å². The molecule has 0 saturated carbocycles. The van der Waals surface area contributed by atoms with E-state index < -0.39 is 0 Å². The Balaban J connectivity index is 3.09. The summed E-state index contributed by atoms with van der Waals surface area (Å²) in [4.78, 5) is 0. The molecule has 0 bridgehead atoms. The van der Waals surface area contributed by atoms with Crippen LogP contribution in [0.2, 0.25) is 0 Å². The van der Waals surface area contributed by atoms with Gasteiger partial charge in [0.05, 0.1) is 20.3 Å². The Morgan fingerprint density at radius 1 is 1.16 bits per heavy atom. The summed E-state index contributed by atoms with van der Waals surface area (Å²) in [6.45, 7) is 7.36. The fraction of sp³-hybridized carbons (Fsp3) is 0.500. The van der Waals surface area contributed by atoms with E-state index in [9.17, 15) is 0 Å². The van der Waals surface area contributed by atoms with Crippen LogP contribution in [0.25, 0.3) is 0 Å². The van der Waals surface area contributed by atoms with Crippen molar-refractivity contribution >= 4 is 0 Å². The molecule has 1 atom stereocenters. The molecular formula is C16H25NO2. The number of hydrogen-bond acceptors (Lipinski definition) is 3. The van der Waals surface area contributed by atoms with Gasteiger partial charge in [-0.3, -0.25) is 0 Å². The third-order valence-electron chi connectivity index (χ3n) is 2.85. The molecule has 0 aliphatic heterocycles. The first-order chi connectivity index (χ1) is 9.10. The first-order valence-electron chi connectivity index (χ1n) is 6.72. The van der Waals surface area contributed by atoms with Gasteiger partial charge in [-0.1, -0.05) is 18.6 Å². The molecule has 0 aliphatic carbocycles. The number of methoxy groups -OCH3 is 2. The third kappa shape index (κ3) is 4.95. The number of benzene rings is 1. The Labute approximate surface area is 116 Å². The molecule has 0 aromatic heterocycles. The second kappa shape index (κ2) is 7.85. The van der Waals surface area contributed by atoms with Gasteiger partial charge < -0.3 is 14.8 Å². The first kappa shape index (κ1) is 15.6. The highest BCUT2D eigenvalue weighted by Gasteiger charge is 2.11. The van der Waals surface area contributed by atoms with Gasteiger partial charge in [0.2, 0.25) is 0 Å². The molecule has 1 aromatic rings. The normalized spacial score (nSPS) is 11.8. The smallest absolute Gasteiger partial charge is 0.122 e. The van der Waals surface area contributed by atoms with Crippen LogP contribution >= 0.6 is 0 Å². The zero-order chi connectivity index (χ0) is 14.3. The summed E-state index contributed by atoms with van der Waals surface area (Å²) in [5.41, 5.74) is 2.45. The van der Waals surface area contributed by atoms with Crippen molar-refractivity contribution in [1.82, 2.24) is 5.32 Å². The fourth-order valence-electron chi connectivity index (χ4n) is 1.92. The van der Waals surface area contributed by atoms with E-state index in [1.807, 2.05) is 6.07 Å². The largest absolute Gasteiger partial charge is 0.497 e. The molecule has 1 rings (SSSR count). The average molecular weight is 263 g/mol. The van der Waals surface area contributed by atoms with Gasteiger partial charge in [-0.25, -0.2) is 0 Å². The van der Waals surface area contributed by atoms with Crippen LogP contribution in [0.5, 0.6) is 11.5 Å². The second-order valence-corrected chi connectivity index (χ2v) is 4.82. The molecule has 0 fully saturated rings. The highest BCUT2D eigenvalue weighted by Crippen LogP contribution is 2.27. The number of hydrogen-bond donors (Lipinski definition) is 1. The van der Waals surface area contributed by atoms with Crippen molar-refractivity contribution in [3.05, 3.63) is 35.4 Å². The van der Waals surface area contributed by atoms with Crippen molar-refractivity contribution in [2.24, 2.45) is 0 Å². The minimum Gasteiger partial charge on any atom is -0.497 e. The summed E-state index contributed by atoms with van der Waals surface area (Å²) < 4.78 is 10.7. The summed E-state index contributed by atoms with van der Waals surface area (Å²) >= 11 is 0. The lowest BCUT2D eigenvalue weighted by atomic mass is 10.0. The van der Waals surface area contributed by atoms with Crippen molar-refractivity contribution in [2.75, 3.05) is 20.8 Å². The van der Waals surface area contributed by atoms with Crippen molar-refractivity contribution in [3.8, 4) is 11.5 Å². The highest BCUT2D eigenvalue weighted by molar-refractivity contribution is 5.41. The standard InChI is InChI=1S/C16H25NO2/c1-6-7-17-16(8-12(2)3)13-9-14(18-4)11-15(10-13)19-5/h8-11,16-17H,6-7H2,1-5H3. The van der Waals surface area contributed by atoms with E-state index in [-0.39, 0.29) is 6.04 Å². The SMILES string of the molecule is CCCNC(C=C(C)C)c1cc(OC)cc(OC)c1. The zero-order valence-electron chi connectivity index (χ0n) is 12.6. The van der Waals surface area contributed by atoms with Crippen LogP contribution in [0.4, 0.5) is 0 Å². The molecule has 3 heteroatoms. The fourth-order valence-corrected chi connectivity index (χ4v) is 1.92. The van der Waals surface area contributed by atoms with Gasteiger partial charge >= 0.3 is 0 Å². The molecule has 0 radical (unpaired) electrons. The van der Waals surface area contributed by atoms with E-state index in [0.29, 0.717) is 0 Å². The van der Waals surface area contributed by atoms with Crippen molar-refractivity contribution < 1.29 is 9.47 Å². The molecular weight excluding hydrogens is 238 g/mol. The Morgan fingerprint density at radius 2 is 1.74 bits per heavy atom. The van der Waals surface area contributed by atoms with Gasteiger partial charge in [-0.05, 0) is 44.5 Å². The summed E-state index contributed by atoms with van der Waals surface area (Å²) in [5, 5.41) is 3.53. The van der Waals surface area contributed by atoms with Gasteiger partial charge in [0, 0.05) is 6.07 Å². The monoisotopic (exact) mass is 263 g/mol. The Bertz CT molecular complexity index is 401. The van der Waals surface area contributed by atoms with Crippen LogP contribution in [0, 0.1) is 0 Å². The van der Waals surface area contributed by atoms with Gasteiger partial charge in [-0.2, -0.15) is 0 Å². The van der Waals surface area contributed by atoms with Crippen LogP contribution < -0.4 is 14.8 Å². The number of nitrogens with one attached hydrogen (secondary N) is 1. The van der Waals surface area contributed by atoms with Crippen molar-refractivity contribution in [1.29, 1.82) is 0 Å². The summed E-state index contributed by atoms with van der Waals surface area (Å²) in [5.74, 6) is 1.64. The quantitative estimate of drug-likeness (QED) is 0.761. The summed E-state index contributed by atoms with van der Waals surface area (Å²) in [6.07, 6.45) is 3.33. The Hall–Kier alpha value is -1.48. The van der Waals surface area contributed by atoms with Gasteiger partial charge in [0.25, 0.3) is 0 Å². The summed E-state index contributed by atoms with van der Waals surface area (Å²) in [6, 6.07) is 6.18. The molecule has 19 heavy (non-hydrogen) atoms. The predicted octanol–water partition coefficient (Wildman–Crippen LogP) is 3.71. The van der Waals surface area contributed by atoms with E-state index in [0.717, 1.165) is 30.0 Å². The van der Waals surface area contributed by atoms with Crippen molar-refractivity contribution in [2.45, 2.75) is 33.2 Å². The maximum Gasteiger partial charge on any atom is 0.122 e. The molecule has 1 aromatic carbocycles. The van der Waals surface area contributed by atoms with Crippen LogP contribution in [0.1, 0.15) is 38.8 Å². The maximum absolute atomic E-state index is 5.33. The Kier molecular flexibility index (Phi) is 6.43. The molecule has 1 N–H and O–H groups in total. The third-order valence-corrected chi connectivity index (χ3v) is 2.85. The molecule has 0 heterocycles. The van der Waals surface area contributed by atoms with E-state index in [4.69, 9.17) is 9.47 Å². The molecule has 0 saturated heterocycles. The predicted molar refractivity (Wildman–Crippen MR) is 80.0 cm³/mol. The average Bonchev–Trinajstić information content (AvgIpc) is 2.42. The molecule has 3 nitrogen and oxygen atoms in total. The van der Waals surface area contributed by atoms with Crippen LogP contribution in [0.15, 0.2) is 29.8 Å². The number of ether oxygens (including phenoxy) is 2. The molecule has 0 spiro atoms. The van der Waals surface area contributed by atoms with Gasteiger partial charge in [0.15, 0.2) is 0 Å². The highest BCUT2D eigenvalue weighted by atomic mass is 16.5. The van der Waals surface area contributed by atoms with Crippen LogP contribution in [-0.2, 0) is 0 Å². The number of allylic oxidation sites excluding steroid dienone is 1. The minimum atomic E-state index is 0.189. The van der Waals surface area contributed by atoms with Crippen molar-refractivity contribution in [3.63, 3.8) is 0 Å². The minimum absolute atomic E-state index is 0.189. The lowest BCUT2D eigenvalue weighted by Gasteiger charge is -2.18. The maximum atomic E-state index is 5.33. The van der Waals surface area contributed by atoms with Crippen LogP contribution in [0.3, 0.4) is 0 Å². The second-order valence-electron chi connectivity index (χ2n) is 4.82. The van der Waals surface area contributed by atoms with E-state index in [2.05, 4.69) is 44.3 Å². The molecule has 0 aliphatic rings. The van der Waals surface area contributed by atoms with Gasteiger partial charge in [-0.15, -0.1) is 0 Å². The topological polar surface area (TPSA) is 30.5 Å². The van der Waals surface area contributed by atoms with Crippen LogP contribution in [-0.4, -0.2) is 20.8 Å².